The number of nitrogens with one attached hydrogen (secondary N) is 1. The van der Waals surface area contributed by atoms with Crippen LogP contribution < -0.4 is 10.2 Å². The molecule has 0 bridgehead atoms. The summed E-state index contributed by atoms with van der Waals surface area (Å²) < 4.78 is 1.02. The number of benzene rings is 1. The molecule has 1 aliphatic rings. The average molecular weight is 322 g/mol. The summed E-state index contributed by atoms with van der Waals surface area (Å²) >= 11 is 3.50. The molecule has 0 aromatic heterocycles. The minimum Gasteiger partial charge on any atom is -0.369 e. The minimum atomic E-state index is 0.541. The molecule has 1 aliphatic heterocycles. The molecule has 1 N–H and O–H groups in total. The second-order valence-corrected chi connectivity index (χ2v) is 5.87. The van der Waals surface area contributed by atoms with Gasteiger partial charge < -0.3 is 10.2 Å². The van der Waals surface area contributed by atoms with Gasteiger partial charge in [-0.3, -0.25) is 0 Å². The molecule has 1 aromatic rings. The Morgan fingerprint density at radius 2 is 2.32 bits per heavy atom. The van der Waals surface area contributed by atoms with Gasteiger partial charge in [-0.25, -0.2) is 0 Å². The zero-order valence-corrected chi connectivity index (χ0v) is 12.9. The number of piperidine rings is 1. The van der Waals surface area contributed by atoms with Gasteiger partial charge in [-0.1, -0.05) is 22.4 Å². The fourth-order valence-corrected chi connectivity index (χ4v) is 2.95. The third kappa shape index (κ3) is 3.71. The number of nitrogens with zero attached hydrogens (tertiary/aromatic N) is 2. The lowest BCUT2D eigenvalue weighted by atomic mass is 10.0. The highest BCUT2D eigenvalue weighted by Crippen LogP contribution is 2.25. The number of nitriles is 1. The van der Waals surface area contributed by atoms with Gasteiger partial charge in [0, 0.05) is 23.6 Å². The summed E-state index contributed by atoms with van der Waals surface area (Å²) in [5, 5.41) is 12.8. The van der Waals surface area contributed by atoms with E-state index in [4.69, 9.17) is 0 Å². The second-order valence-electron chi connectivity index (χ2n) is 4.96. The summed E-state index contributed by atoms with van der Waals surface area (Å²) in [5.74, 6) is 0. The van der Waals surface area contributed by atoms with Crippen LogP contribution in [0.5, 0.6) is 0 Å². The van der Waals surface area contributed by atoms with E-state index in [1.165, 1.54) is 19.3 Å². The molecule has 102 valence electrons. The van der Waals surface area contributed by atoms with Crippen molar-refractivity contribution in [1.82, 2.24) is 5.32 Å². The van der Waals surface area contributed by atoms with Gasteiger partial charge in [0.2, 0.25) is 0 Å². The number of likely N-dealkylation sites (N-methyl/N-ethyl adjacent to an activating group) is 1. The largest absolute Gasteiger partial charge is 0.369 e. The van der Waals surface area contributed by atoms with Gasteiger partial charge in [-0.15, -0.1) is 0 Å². The Kier molecular flexibility index (Phi) is 5.24. The molecule has 0 spiro atoms. The highest BCUT2D eigenvalue weighted by molar-refractivity contribution is 9.10. The van der Waals surface area contributed by atoms with E-state index < -0.39 is 0 Å². The summed E-state index contributed by atoms with van der Waals surface area (Å²) in [6, 6.07) is 8.69. The van der Waals surface area contributed by atoms with Crippen LogP contribution in [-0.4, -0.2) is 25.7 Å². The van der Waals surface area contributed by atoms with Gasteiger partial charge in [-0.05, 0) is 44.5 Å². The molecule has 0 amide bonds. The zero-order chi connectivity index (χ0) is 13.7. The molecule has 1 heterocycles. The molecule has 19 heavy (non-hydrogen) atoms. The second kappa shape index (κ2) is 6.93. The van der Waals surface area contributed by atoms with E-state index in [0.29, 0.717) is 6.04 Å². The zero-order valence-electron chi connectivity index (χ0n) is 11.3. The maximum absolute atomic E-state index is 9.25. The quantitative estimate of drug-likeness (QED) is 0.924. The maximum Gasteiger partial charge on any atom is 0.101 e. The van der Waals surface area contributed by atoms with Crippen LogP contribution in [-0.2, 0) is 0 Å². The monoisotopic (exact) mass is 321 g/mol. The summed E-state index contributed by atoms with van der Waals surface area (Å²) in [6.07, 6.45) is 3.81. The summed E-state index contributed by atoms with van der Waals surface area (Å²) in [7, 11) is 0. The molecule has 0 saturated carbocycles. The van der Waals surface area contributed by atoms with E-state index in [1.807, 2.05) is 18.2 Å². The standard InChI is InChI=1S/C15H20BrN3/c1-2-19(11-14-5-3-4-8-18-14)15-9-13(16)7-6-12(15)10-17/h6-7,9,14,18H,2-5,8,11H2,1H3. The van der Waals surface area contributed by atoms with E-state index in [0.717, 1.165) is 35.4 Å². The molecule has 0 radical (unpaired) electrons. The van der Waals surface area contributed by atoms with Crippen LogP contribution in [0.1, 0.15) is 31.7 Å². The van der Waals surface area contributed by atoms with Crippen LogP contribution in [0.15, 0.2) is 22.7 Å². The lowest BCUT2D eigenvalue weighted by Gasteiger charge is -2.32. The van der Waals surface area contributed by atoms with Crippen LogP contribution >= 0.6 is 15.9 Å². The lowest BCUT2D eigenvalue weighted by Crippen LogP contribution is -2.44. The molecular weight excluding hydrogens is 302 g/mol. The Morgan fingerprint density at radius 3 is 2.95 bits per heavy atom. The first kappa shape index (κ1) is 14.4. The molecule has 1 saturated heterocycles. The minimum absolute atomic E-state index is 0.541. The van der Waals surface area contributed by atoms with Gasteiger partial charge in [0.05, 0.1) is 11.3 Å². The van der Waals surface area contributed by atoms with Crippen LogP contribution in [0.4, 0.5) is 5.69 Å². The van der Waals surface area contributed by atoms with Crippen molar-refractivity contribution in [2.24, 2.45) is 0 Å². The Bertz CT molecular complexity index is 461. The number of rotatable bonds is 4. The molecular formula is C15H20BrN3. The SMILES string of the molecule is CCN(CC1CCCCN1)c1cc(Br)ccc1C#N. The van der Waals surface area contributed by atoms with Crippen molar-refractivity contribution in [2.75, 3.05) is 24.5 Å². The van der Waals surface area contributed by atoms with Gasteiger partial charge in [0.1, 0.15) is 6.07 Å². The normalized spacial score (nSPS) is 18.9. The average Bonchev–Trinajstić information content (AvgIpc) is 2.46. The van der Waals surface area contributed by atoms with Crippen LogP contribution in [0.2, 0.25) is 0 Å². The number of hydrogen-bond acceptors (Lipinski definition) is 3. The van der Waals surface area contributed by atoms with Crippen molar-refractivity contribution in [3.05, 3.63) is 28.2 Å². The Morgan fingerprint density at radius 1 is 1.47 bits per heavy atom. The van der Waals surface area contributed by atoms with Crippen molar-refractivity contribution < 1.29 is 0 Å². The van der Waals surface area contributed by atoms with Gasteiger partial charge in [-0.2, -0.15) is 5.26 Å². The number of halogens is 1. The fraction of sp³-hybridized carbons (Fsp3) is 0.533. The van der Waals surface area contributed by atoms with E-state index in [9.17, 15) is 5.26 Å². The van der Waals surface area contributed by atoms with Crippen molar-refractivity contribution in [3.63, 3.8) is 0 Å². The Hall–Kier alpha value is -1.05. The summed E-state index contributed by atoms with van der Waals surface area (Å²) in [6.45, 7) is 5.15. The van der Waals surface area contributed by atoms with Gasteiger partial charge >= 0.3 is 0 Å². The first-order chi connectivity index (χ1) is 9.24. The molecule has 1 aromatic carbocycles. The van der Waals surface area contributed by atoms with E-state index in [-0.39, 0.29) is 0 Å². The molecule has 3 nitrogen and oxygen atoms in total. The molecule has 1 fully saturated rings. The highest BCUT2D eigenvalue weighted by Gasteiger charge is 2.18. The number of anilines is 1. The van der Waals surface area contributed by atoms with Crippen molar-refractivity contribution in [3.8, 4) is 6.07 Å². The van der Waals surface area contributed by atoms with Crippen LogP contribution in [0.25, 0.3) is 0 Å². The van der Waals surface area contributed by atoms with Crippen molar-refractivity contribution in [1.29, 1.82) is 5.26 Å². The molecule has 1 unspecified atom stereocenters. The first-order valence-electron chi connectivity index (χ1n) is 6.92. The molecule has 1 atom stereocenters. The van der Waals surface area contributed by atoms with Crippen molar-refractivity contribution in [2.45, 2.75) is 32.2 Å². The van der Waals surface area contributed by atoms with Gasteiger partial charge in [0.15, 0.2) is 0 Å². The Labute approximate surface area is 123 Å². The lowest BCUT2D eigenvalue weighted by molar-refractivity contribution is 0.400. The van der Waals surface area contributed by atoms with E-state index in [1.54, 1.807) is 0 Å². The fourth-order valence-electron chi connectivity index (χ4n) is 2.60. The van der Waals surface area contributed by atoms with Crippen molar-refractivity contribution >= 4 is 21.6 Å². The predicted molar refractivity (Wildman–Crippen MR) is 82.4 cm³/mol. The highest BCUT2D eigenvalue weighted by atomic mass is 79.9. The molecule has 0 aliphatic carbocycles. The molecule has 2 rings (SSSR count). The van der Waals surface area contributed by atoms with E-state index >= 15 is 0 Å². The third-order valence-electron chi connectivity index (χ3n) is 3.66. The third-order valence-corrected chi connectivity index (χ3v) is 4.15. The topological polar surface area (TPSA) is 39.1 Å². The Balaban J connectivity index is 2.16. The number of hydrogen-bond donors (Lipinski definition) is 1. The first-order valence-corrected chi connectivity index (χ1v) is 7.72. The predicted octanol–water partition coefficient (Wildman–Crippen LogP) is 3.29. The smallest absolute Gasteiger partial charge is 0.101 e. The van der Waals surface area contributed by atoms with Crippen LogP contribution in [0, 0.1) is 11.3 Å². The summed E-state index contributed by atoms with van der Waals surface area (Å²) in [5.41, 5.74) is 1.78. The summed E-state index contributed by atoms with van der Waals surface area (Å²) in [4.78, 5) is 2.30. The van der Waals surface area contributed by atoms with Crippen LogP contribution in [0.3, 0.4) is 0 Å². The maximum atomic E-state index is 9.25. The van der Waals surface area contributed by atoms with E-state index in [2.05, 4.69) is 39.1 Å². The molecule has 4 heteroatoms. The van der Waals surface area contributed by atoms with Gasteiger partial charge in [0.25, 0.3) is 0 Å².